The Morgan fingerprint density at radius 3 is 2.68 bits per heavy atom. The van der Waals surface area contributed by atoms with Crippen LogP contribution in [0.4, 0.5) is 30.6 Å². The summed E-state index contributed by atoms with van der Waals surface area (Å²) in [7, 11) is 0. The lowest BCUT2D eigenvalue weighted by Crippen LogP contribution is -2.32. The van der Waals surface area contributed by atoms with Gasteiger partial charge in [-0.15, -0.1) is 13.2 Å². The van der Waals surface area contributed by atoms with Crippen LogP contribution in [-0.4, -0.2) is 36.1 Å². The third-order valence-electron chi connectivity index (χ3n) is 4.21. The van der Waals surface area contributed by atoms with Gasteiger partial charge in [0.15, 0.2) is 5.75 Å². The van der Waals surface area contributed by atoms with Gasteiger partial charge in [-0.1, -0.05) is 11.6 Å². The Balaban J connectivity index is 2.02. The summed E-state index contributed by atoms with van der Waals surface area (Å²) >= 11 is 6.29. The molecule has 7 nitrogen and oxygen atoms in total. The zero-order valence-electron chi connectivity index (χ0n) is 15.0. The second-order valence-electron chi connectivity index (χ2n) is 6.32. The summed E-state index contributed by atoms with van der Waals surface area (Å²) in [6.07, 6.45) is -4.14. The minimum absolute atomic E-state index is 0.0766. The Kier molecular flexibility index (Phi) is 5.71. The Labute approximate surface area is 164 Å². The average Bonchev–Trinajstić information content (AvgIpc) is 2.81. The highest BCUT2D eigenvalue weighted by molar-refractivity contribution is 6.31. The summed E-state index contributed by atoms with van der Waals surface area (Å²) in [5.41, 5.74) is 12.6. The number of halogens is 4. The Bertz CT molecular complexity index is 845. The normalized spacial score (nSPS) is 18.0. The van der Waals surface area contributed by atoms with E-state index in [4.69, 9.17) is 27.8 Å². The zero-order valence-corrected chi connectivity index (χ0v) is 15.7. The van der Waals surface area contributed by atoms with Crippen LogP contribution in [0.5, 0.6) is 5.75 Å². The average molecular weight is 418 g/mol. The van der Waals surface area contributed by atoms with Gasteiger partial charge in [0, 0.05) is 36.0 Å². The molecule has 28 heavy (non-hydrogen) atoms. The lowest BCUT2D eigenvalue weighted by molar-refractivity contribution is -0.274. The SMILES string of the molecule is Cc1cc(N2CCCOC[C@@H]2c2cc(N)c(OC(F)(F)F)cc2Cl)nc(N)n1. The van der Waals surface area contributed by atoms with Crippen molar-refractivity contribution in [2.24, 2.45) is 0 Å². The standard InChI is InChI=1S/C17H19ClF3N5O2/c1-9-5-15(25-16(23)24-9)26-3-2-4-27-8-13(26)10-6-12(22)14(7-11(10)18)28-17(19,20)21/h5-7,13H,2-4,8,22H2,1H3,(H2,23,24,25)/t13-/m1/s1. The first-order valence-electron chi connectivity index (χ1n) is 8.44. The van der Waals surface area contributed by atoms with E-state index in [-0.39, 0.29) is 23.3 Å². The number of anilines is 3. The van der Waals surface area contributed by atoms with Gasteiger partial charge in [0.2, 0.25) is 5.95 Å². The molecule has 1 aliphatic rings. The van der Waals surface area contributed by atoms with Crippen LogP contribution >= 0.6 is 11.6 Å². The molecule has 1 saturated heterocycles. The minimum Gasteiger partial charge on any atom is -0.404 e. The van der Waals surface area contributed by atoms with E-state index in [1.165, 1.54) is 6.07 Å². The van der Waals surface area contributed by atoms with Gasteiger partial charge in [-0.25, -0.2) is 4.98 Å². The molecule has 2 aromatic rings. The largest absolute Gasteiger partial charge is 0.573 e. The molecular weight excluding hydrogens is 399 g/mol. The molecule has 0 aliphatic carbocycles. The van der Waals surface area contributed by atoms with E-state index in [9.17, 15) is 13.2 Å². The van der Waals surface area contributed by atoms with Crippen LogP contribution in [0.25, 0.3) is 0 Å². The summed E-state index contributed by atoms with van der Waals surface area (Å²) in [4.78, 5) is 10.3. The smallest absolute Gasteiger partial charge is 0.404 e. The summed E-state index contributed by atoms with van der Waals surface area (Å²) in [5, 5.41) is 0.0766. The number of ether oxygens (including phenoxy) is 2. The predicted molar refractivity (Wildman–Crippen MR) is 99.3 cm³/mol. The van der Waals surface area contributed by atoms with Crippen LogP contribution in [0.2, 0.25) is 5.02 Å². The van der Waals surface area contributed by atoms with Crippen LogP contribution in [0, 0.1) is 6.92 Å². The Morgan fingerprint density at radius 2 is 2.00 bits per heavy atom. The van der Waals surface area contributed by atoms with Crippen molar-refractivity contribution in [1.29, 1.82) is 0 Å². The fourth-order valence-corrected chi connectivity index (χ4v) is 3.37. The van der Waals surface area contributed by atoms with Gasteiger partial charge in [-0.3, -0.25) is 0 Å². The van der Waals surface area contributed by atoms with E-state index in [0.29, 0.717) is 30.2 Å². The number of aryl methyl sites for hydroxylation is 1. The molecule has 11 heteroatoms. The summed E-state index contributed by atoms with van der Waals surface area (Å²) < 4.78 is 47.2. The number of nitrogens with zero attached hydrogens (tertiary/aromatic N) is 3. The first-order chi connectivity index (χ1) is 13.1. The molecule has 1 aromatic carbocycles. The van der Waals surface area contributed by atoms with Crippen molar-refractivity contribution in [2.45, 2.75) is 25.7 Å². The summed E-state index contributed by atoms with van der Waals surface area (Å²) in [6, 6.07) is 3.77. The molecule has 1 aliphatic heterocycles. The maximum atomic E-state index is 12.5. The van der Waals surface area contributed by atoms with E-state index in [2.05, 4.69) is 14.7 Å². The molecule has 0 bridgehead atoms. The molecule has 2 heterocycles. The topological polar surface area (TPSA) is 99.5 Å². The number of alkyl halides is 3. The second kappa shape index (κ2) is 7.88. The number of benzene rings is 1. The lowest BCUT2D eigenvalue weighted by Gasteiger charge is -2.32. The number of aromatic nitrogens is 2. The molecule has 0 amide bonds. The van der Waals surface area contributed by atoms with E-state index < -0.39 is 18.2 Å². The van der Waals surface area contributed by atoms with Crippen molar-refractivity contribution < 1.29 is 22.6 Å². The molecule has 1 atom stereocenters. The van der Waals surface area contributed by atoms with Crippen molar-refractivity contribution in [3.05, 3.63) is 34.5 Å². The van der Waals surface area contributed by atoms with Gasteiger partial charge < -0.3 is 25.8 Å². The number of nitrogen functional groups attached to an aromatic ring is 2. The monoisotopic (exact) mass is 417 g/mol. The number of hydrogen-bond acceptors (Lipinski definition) is 7. The minimum atomic E-state index is -4.87. The number of nitrogens with two attached hydrogens (primary N) is 2. The van der Waals surface area contributed by atoms with Crippen molar-refractivity contribution >= 4 is 29.1 Å². The third kappa shape index (κ3) is 4.68. The molecule has 0 spiro atoms. The van der Waals surface area contributed by atoms with Crippen LogP contribution in [0.1, 0.15) is 23.7 Å². The molecule has 3 rings (SSSR count). The van der Waals surface area contributed by atoms with Crippen molar-refractivity contribution in [1.82, 2.24) is 9.97 Å². The summed E-state index contributed by atoms with van der Waals surface area (Å²) in [5.74, 6) is 0.147. The van der Waals surface area contributed by atoms with Gasteiger partial charge in [0.1, 0.15) is 5.82 Å². The zero-order chi connectivity index (χ0) is 20.5. The number of hydrogen-bond donors (Lipinski definition) is 2. The molecule has 0 saturated carbocycles. The quantitative estimate of drug-likeness (QED) is 0.737. The fourth-order valence-electron chi connectivity index (χ4n) is 3.09. The van der Waals surface area contributed by atoms with Gasteiger partial charge in [-0.05, 0) is 25.0 Å². The first kappa shape index (κ1) is 20.3. The van der Waals surface area contributed by atoms with Crippen molar-refractivity contribution in [2.75, 3.05) is 36.1 Å². The van der Waals surface area contributed by atoms with Gasteiger partial charge >= 0.3 is 6.36 Å². The van der Waals surface area contributed by atoms with Gasteiger partial charge in [-0.2, -0.15) is 4.98 Å². The number of rotatable bonds is 3. The maximum absolute atomic E-state index is 12.5. The highest BCUT2D eigenvalue weighted by atomic mass is 35.5. The molecule has 152 valence electrons. The van der Waals surface area contributed by atoms with Crippen molar-refractivity contribution in [3.8, 4) is 5.75 Å². The Morgan fingerprint density at radius 1 is 1.25 bits per heavy atom. The van der Waals surface area contributed by atoms with E-state index in [0.717, 1.165) is 12.5 Å². The van der Waals surface area contributed by atoms with E-state index in [1.54, 1.807) is 13.0 Å². The van der Waals surface area contributed by atoms with Gasteiger partial charge in [0.25, 0.3) is 0 Å². The molecule has 4 N–H and O–H groups in total. The molecule has 1 aromatic heterocycles. The molecule has 1 fully saturated rings. The van der Waals surface area contributed by atoms with Crippen LogP contribution in [0.3, 0.4) is 0 Å². The van der Waals surface area contributed by atoms with Gasteiger partial charge in [0.05, 0.1) is 18.3 Å². The van der Waals surface area contributed by atoms with Crippen LogP contribution in [-0.2, 0) is 4.74 Å². The maximum Gasteiger partial charge on any atom is 0.573 e. The predicted octanol–water partition coefficient (Wildman–Crippen LogP) is 3.47. The van der Waals surface area contributed by atoms with Crippen LogP contribution in [0.15, 0.2) is 18.2 Å². The van der Waals surface area contributed by atoms with E-state index >= 15 is 0 Å². The van der Waals surface area contributed by atoms with E-state index in [1.807, 2.05) is 4.90 Å². The summed E-state index contributed by atoms with van der Waals surface area (Å²) in [6.45, 7) is 3.15. The highest BCUT2D eigenvalue weighted by Gasteiger charge is 2.33. The Hall–Kier alpha value is -2.46. The molecule has 0 unspecified atom stereocenters. The third-order valence-corrected chi connectivity index (χ3v) is 4.53. The molecule has 0 radical (unpaired) electrons. The van der Waals surface area contributed by atoms with Crippen molar-refractivity contribution in [3.63, 3.8) is 0 Å². The second-order valence-corrected chi connectivity index (χ2v) is 6.73. The highest BCUT2D eigenvalue weighted by Crippen LogP contribution is 2.39. The first-order valence-corrected chi connectivity index (χ1v) is 8.82. The fraction of sp³-hybridized carbons (Fsp3) is 0.412. The molecular formula is C17H19ClF3N5O2. The van der Waals surface area contributed by atoms with Crippen LogP contribution < -0.4 is 21.1 Å². The lowest BCUT2D eigenvalue weighted by atomic mass is 10.0.